The van der Waals surface area contributed by atoms with Crippen molar-refractivity contribution in [2.75, 3.05) is 40.3 Å². The Morgan fingerprint density at radius 3 is 2.33 bits per heavy atom. The smallest absolute Gasteiger partial charge is 0.390 e. The Balaban J connectivity index is 0.00000364. The first-order chi connectivity index (χ1) is 12.4. The topological polar surface area (TPSA) is 48.9 Å². The average molecular weight is 500 g/mol. The summed E-state index contributed by atoms with van der Waals surface area (Å²) in [5.74, 6) is 1.18. The lowest BCUT2D eigenvalue weighted by molar-refractivity contribution is -0.132. The number of nitrogens with one attached hydrogen (secondary N) is 2. The van der Waals surface area contributed by atoms with E-state index in [1.165, 1.54) is 0 Å². The number of methoxy groups -OCH3 is 1. The fourth-order valence-corrected chi connectivity index (χ4v) is 3.07. The predicted octanol–water partition coefficient (Wildman–Crippen LogP) is 3.57. The van der Waals surface area contributed by atoms with Gasteiger partial charge in [-0.3, -0.25) is 9.89 Å². The van der Waals surface area contributed by atoms with E-state index in [-0.39, 0.29) is 36.6 Å². The minimum absolute atomic E-state index is 0. The van der Waals surface area contributed by atoms with Gasteiger partial charge in [0.25, 0.3) is 0 Å². The summed E-state index contributed by atoms with van der Waals surface area (Å²) in [6, 6.07) is 8.04. The number of ether oxygens (including phenoxy) is 1. The van der Waals surface area contributed by atoms with E-state index in [4.69, 9.17) is 4.74 Å². The summed E-state index contributed by atoms with van der Waals surface area (Å²) in [5, 5.41) is 5.88. The molecule has 0 spiro atoms. The molecule has 1 aliphatic heterocycles. The normalized spacial score (nSPS) is 16.6. The molecular weight excluding hydrogens is 472 g/mol. The molecule has 1 atom stereocenters. The number of guanidine groups is 1. The maximum atomic E-state index is 12.3. The standard InChI is InChI=1S/C18H27F3N4O.HI/c1-22-17(23-10-9-18(19,20)21)24-13-16(25-11-3-4-12-25)14-5-7-15(26-2)8-6-14;/h5-8,16H,3-4,9-13H2,1-2H3,(H2,22,23,24);1H. The molecule has 0 bridgehead atoms. The highest BCUT2D eigenvalue weighted by Gasteiger charge is 2.27. The summed E-state index contributed by atoms with van der Waals surface area (Å²) in [6.45, 7) is 2.40. The fourth-order valence-electron chi connectivity index (χ4n) is 3.07. The summed E-state index contributed by atoms with van der Waals surface area (Å²) < 4.78 is 42.1. The van der Waals surface area contributed by atoms with Crippen molar-refractivity contribution in [1.82, 2.24) is 15.5 Å². The van der Waals surface area contributed by atoms with Crippen molar-refractivity contribution in [3.63, 3.8) is 0 Å². The first kappa shape index (κ1) is 23.8. The molecule has 1 fully saturated rings. The maximum Gasteiger partial charge on any atom is 0.390 e. The third-order valence-corrected chi connectivity index (χ3v) is 4.47. The Hall–Kier alpha value is -1.23. The van der Waals surface area contributed by atoms with Crippen LogP contribution in [0.1, 0.15) is 30.9 Å². The van der Waals surface area contributed by atoms with Gasteiger partial charge in [-0.2, -0.15) is 13.2 Å². The van der Waals surface area contributed by atoms with E-state index in [1.54, 1.807) is 14.2 Å². The molecule has 0 saturated carbocycles. The van der Waals surface area contributed by atoms with Gasteiger partial charge < -0.3 is 15.4 Å². The van der Waals surface area contributed by atoms with Crippen molar-refractivity contribution in [3.8, 4) is 5.75 Å². The summed E-state index contributed by atoms with van der Waals surface area (Å²) >= 11 is 0. The van der Waals surface area contributed by atoms with Gasteiger partial charge in [-0.15, -0.1) is 24.0 Å². The molecule has 2 rings (SSSR count). The average Bonchev–Trinajstić information content (AvgIpc) is 3.14. The number of nitrogens with zero attached hydrogens (tertiary/aromatic N) is 2. The van der Waals surface area contributed by atoms with Crippen LogP contribution in [0, 0.1) is 0 Å². The molecule has 27 heavy (non-hydrogen) atoms. The van der Waals surface area contributed by atoms with Gasteiger partial charge in [0.15, 0.2) is 5.96 Å². The van der Waals surface area contributed by atoms with Crippen LogP contribution >= 0.6 is 24.0 Å². The zero-order valence-electron chi connectivity index (χ0n) is 15.7. The van der Waals surface area contributed by atoms with Crippen LogP contribution in [-0.4, -0.2) is 57.4 Å². The molecule has 1 saturated heterocycles. The van der Waals surface area contributed by atoms with Crippen LogP contribution in [0.25, 0.3) is 0 Å². The van der Waals surface area contributed by atoms with E-state index in [0.29, 0.717) is 12.5 Å². The first-order valence-electron chi connectivity index (χ1n) is 8.82. The molecular formula is C18H28F3IN4O. The van der Waals surface area contributed by atoms with Crippen molar-refractivity contribution in [2.24, 2.45) is 4.99 Å². The molecule has 0 aromatic heterocycles. The molecule has 9 heteroatoms. The van der Waals surface area contributed by atoms with E-state index < -0.39 is 12.6 Å². The van der Waals surface area contributed by atoms with Crippen LogP contribution in [0.5, 0.6) is 5.75 Å². The summed E-state index contributed by atoms with van der Waals surface area (Å²) in [7, 11) is 3.19. The van der Waals surface area contributed by atoms with Crippen molar-refractivity contribution in [3.05, 3.63) is 29.8 Å². The van der Waals surface area contributed by atoms with Crippen LogP contribution in [0.4, 0.5) is 13.2 Å². The summed E-state index contributed by atoms with van der Waals surface area (Å²) in [4.78, 5) is 6.40. The quantitative estimate of drug-likeness (QED) is 0.342. The van der Waals surface area contributed by atoms with Crippen molar-refractivity contribution < 1.29 is 17.9 Å². The molecule has 0 radical (unpaired) electrons. The Bertz CT molecular complexity index is 575. The van der Waals surface area contributed by atoms with E-state index in [2.05, 4.69) is 20.5 Å². The van der Waals surface area contributed by atoms with Crippen molar-refractivity contribution in [1.29, 1.82) is 0 Å². The van der Waals surface area contributed by atoms with Crippen LogP contribution in [0.2, 0.25) is 0 Å². The monoisotopic (exact) mass is 500 g/mol. The van der Waals surface area contributed by atoms with Crippen LogP contribution in [0.15, 0.2) is 29.3 Å². The Morgan fingerprint density at radius 1 is 1.19 bits per heavy atom. The Morgan fingerprint density at radius 2 is 1.81 bits per heavy atom. The lowest BCUT2D eigenvalue weighted by Gasteiger charge is -2.29. The number of hydrogen-bond acceptors (Lipinski definition) is 3. The van der Waals surface area contributed by atoms with Gasteiger partial charge in [-0.25, -0.2) is 0 Å². The van der Waals surface area contributed by atoms with Crippen molar-refractivity contribution >= 4 is 29.9 Å². The second-order valence-corrected chi connectivity index (χ2v) is 6.28. The number of alkyl halides is 3. The summed E-state index contributed by atoms with van der Waals surface area (Å²) in [6.07, 6.45) is -2.74. The lowest BCUT2D eigenvalue weighted by Crippen LogP contribution is -2.43. The largest absolute Gasteiger partial charge is 0.497 e. The number of likely N-dealkylation sites (tertiary alicyclic amines) is 1. The maximum absolute atomic E-state index is 12.3. The highest BCUT2D eigenvalue weighted by molar-refractivity contribution is 14.0. The fraction of sp³-hybridized carbons (Fsp3) is 0.611. The Kier molecular flexibility index (Phi) is 10.2. The molecule has 154 valence electrons. The number of halogens is 4. The predicted molar refractivity (Wildman–Crippen MR) is 112 cm³/mol. The van der Waals surface area contributed by atoms with Gasteiger partial charge in [-0.05, 0) is 43.6 Å². The number of hydrogen-bond donors (Lipinski definition) is 2. The van der Waals surface area contributed by atoms with E-state index >= 15 is 0 Å². The number of benzene rings is 1. The van der Waals surface area contributed by atoms with Gasteiger partial charge in [-0.1, -0.05) is 12.1 Å². The van der Waals surface area contributed by atoms with Crippen LogP contribution in [0.3, 0.4) is 0 Å². The zero-order chi connectivity index (χ0) is 19.0. The highest BCUT2D eigenvalue weighted by Crippen LogP contribution is 2.26. The first-order valence-corrected chi connectivity index (χ1v) is 8.82. The minimum Gasteiger partial charge on any atom is -0.497 e. The van der Waals surface area contributed by atoms with Gasteiger partial charge in [0.1, 0.15) is 5.75 Å². The molecule has 5 nitrogen and oxygen atoms in total. The second-order valence-electron chi connectivity index (χ2n) is 6.28. The highest BCUT2D eigenvalue weighted by atomic mass is 127. The zero-order valence-corrected chi connectivity index (χ0v) is 18.0. The molecule has 2 N–H and O–H groups in total. The molecule has 1 heterocycles. The number of aliphatic imine (C=N–C) groups is 1. The molecule has 1 aromatic carbocycles. The van der Waals surface area contributed by atoms with Crippen molar-refractivity contribution in [2.45, 2.75) is 31.5 Å². The molecule has 1 unspecified atom stereocenters. The van der Waals surface area contributed by atoms with Crippen LogP contribution in [-0.2, 0) is 0 Å². The summed E-state index contributed by atoms with van der Waals surface area (Å²) in [5.41, 5.74) is 1.14. The van der Waals surface area contributed by atoms with Gasteiger partial charge in [0, 0.05) is 20.1 Å². The third-order valence-electron chi connectivity index (χ3n) is 4.47. The van der Waals surface area contributed by atoms with Crippen LogP contribution < -0.4 is 15.4 Å². The molecule has 1 aliphatic rings. The number of rotatable bonds is 7. The Labute approximate surface area is 175 Å². The SMILES string of the molecule is CN=C(NCCC(F)(F)F)NCC(c1ccc(OC)cc1)N1CCCC1.I. The molecule has 1 aromatic rings. The minimum atomic E-state index is -4.17. The van der Waals surface area contributed by atoms with Gasteiger partial charge >= 0.3 is 6.18 Å². The third kappa shape index (κ3) is 8.12. The van der Waals surface area contributed by atoms with E-state index in [0.717, 1.165) is 37.2 Å². The molecule has 0 aliphatic carbocycles. The van der Waals surface area contributed by atoms with Gasteiger partial charge in [0.05, 0.1) is 19.6 Å². The molecule has 0 amide bonds. The lowest BCUT2D eigenvalue weighted by atomic mass is 10.1. The van der Waals surface area contributed by atoms with E-state index in [9.17, 15) is 13.2 Å². The van der Waals surface area contributed by atoms with Gasteiger partial charge in [0.2, 0.25) is 0 Å². The van der Waals surface area contributed by atoms with E-state index in [1.807, 2.05) is 24.3 Å². The second kappa shape index (κ2) is 11.6.